The maximum Gasteiger partial charge on any atom is 0.433 e. The summed E-state index contributed by atoms with van der Waals surface area (Å²) < 4.78 is 51.5. The molecule has 0 aliphatic carbocycles. The second kappa shape index (κ2) is 6.53. The Kier molecular flexibility index (Phi) is 5.03. The minimum absolute atomic E-state index is 0.177. The molecule has 0 atom stereocenters. The Hall–Kier alpha value is -2.87. The lowest BCUT2D eigenvalue weighted by Gasteiger charge is -2.15. The average molecular weight is 296 g/mol. The fourth-order valence-corrected chi connectivity index (χ4v) is 1.40. The first-order valence-corrected chi connectivity index (χ1v) is 5.45. The van der Waals surface area contributed by atoms with E-state index in [9.17, 15) is 17.6 Å². The van der Waals surface area contributed by atoms with Crippen molar-refractivity contribution in [1.29, 1.82) is 10.5 Å². The molecule has 4 nitrogen and oxygen atoms in total. The van der Waals surface area contributed by atoms with Crippen molar-refractivity contribution in [3.05, 3.63) is 46.9 Å². The molecule has 1 N–H and O–H groups in total. The van der Waals surface area contributed by atoms with E-state index in [4.69, 9.17) is 10.5 Å². The second-order valence-electron chi connectivity index (χ2n) is 3.68. The number of rotatable bonds is 2. The van der Waals surface area contributed by atoms with E-state index in [-0.39, 0.29) is 11.4 Å². The zero-order chi connectivity index (χ0) is 16.0. The van der Waals surface area contributed by atoms with Crippen LogP contribution in [-0.2, 0) is 0 Å². The molecule has 0 unspecified atom stereocenters. The molecular weight excluding hydrogens is 288 g/mol. The van der Waals surface area contributed by atoms with Gasteiger partial charge < -0.3 is 5.32 Å². The number of aliphatic imine (C=N–C) groups is 1. The molecule has 0 saturated heterocycles. The van der Waals surface area contributed by atoms with Gasteiger partial charge in [-0.3, -0.25) is 4.99 Å². The van der Waals surface area contributed by atoms with Crippen molar-refractivity contribution in [3.63, 3.8) is 0 Å². The van der Waals surface area contributed by atoms with Crippen molar-refractivity contribution < 1.29 is 17.6 Å². The first-order chi connectivity index (χ1) is 9.83. The molecule has 0 aliphatic rings. The van der Waals surface area contributed by atoms with Gasteiger partial charge in [-0.25, -0.2) is 4.39 Å². The third kappa shape index (κ3) is 4.05. The van der Waals surface area contributed by atoms with Gasteiger partial charge in [-0.2, -0.15) is 23.7 Å². The van der Waals surface area contributed by atoms with Crippen molar-refractivity contribution in [1.82, 2.24) is 5.32 Å². The third-order valence-electron chi connectivity index (χ3n) is 2.34. The van der Waals surface area contributed by atoms with Gasteiger partial charge in [0, 0.05) is 12.6 Å². The van der Waals surface area contributed by atoms with Gasteiger partial charge in [0.05, 0.1) is 0 Å². The molecule has 0 heterocycles. The quantitative estimate of drug-likeness (QED) is 0.395. The lowest BCUT2D eigenvalue weighted by molar-refractivity contribution is -0.0952. The Balaban J connectivity index is 3.26. The number of halogens is 4. The smallest absolute Gasteiger partial charge is 0.334 e. The maximum absolute atomic E-state index is 12.9. The molecule has 0 saturated carbocycles. The van der Waals surface area contributed by atoms with Crippen LogP contribution >= 0.6 is 0 Å². The fraction of sp³-hybridized carbons (Fsp3) is 0.154. The lowest BCUT2D eigenvalue weighted by atomic mass is 10.1. The standard InChI is InChI=1S/C13H8F4N4/c1-20-12(8-2-4-10(14)5-3-8)21-11(13(15,16)17)9(6-18)7-19/h2-5H,1H3,(H,20,21). The molecule has 0 aliphatic heterocycles. The Bertz CT molecular complexity index is 641. The molecule has 0 radical (unpaired) electrons. The van der Waals surface area contributed by atoms with Gasteiger partial charge in [0.2, 0.25) is 0 Å². The molecule has 1 aromatic carbocycles. The normalized spacial score (nSPS) is 11.3. The number of nitrogens with zero attached hydrogens (tertiary/aromatic N) is 3. The van der Waals surface area contributed by atoms with Crippen molar-refractivity contribution in [2.45, 2.75) is 6.18 Å². The number of allylic oxidation sites excluding steroid dienone is 2. The number of hydrogen-bond donors (Lipinski definition) is 1. The summed E-state index contributed by atoms with van der Waals surface area (Å²) in [5.41, 5.74) is -2.46. The minimum atomic E-state index is -4.93. The number of nitriles is 2. The summed E-state index contributed by atoms with van der Waals surface area (Å²) >= 11 is 0. The third-order valence-corrected chi connectivity index (χ3v) is 2.34. The summed E-state index contributed by atoms with van der Waals surface area (Å²) in [6.45, 7) is 0. The van der Waals surface area contributed by atoms with E-state index in [1.165, 1.54) is 31.3 Å². The molecule has 0 fully saturated rings. The highest BCUT2D eigenvalue weighted by Gasteiger charge is 2.38. The van der Waals surface area contributed by atoms with Crippen molar-refractivity contribution in [3.8, 4) is 12.1 Å². The SMILES string of the molecule is CN=C(NC(=C(C#N)C#N)C(F)(F)F)c1ccc(F)cc1. The monoisotopic (exact) mass is 296 g/mol. The summed E-state index contributed by atoms with van der Waals surface area (Å²) in [5.74, 6) is -0.805. The Morgan fingerprint density at radius 3 is 2.05 bits per heavy atom. The van der Waals surface area contributed by atoms with Crippen LogP contribution in [0.4, 0.5) is 17.6 Å². The summed E-state index contributed by atoms with van der Waals surface area (Å²) in [7, 11) is 1.22. The van der Waals surface area contributed by atoms with Crippen LogP contribution < -0.4 is 5.32 Å². The van der Waals surface area contributed by atoms with Crippen LogP contribution in [0.25, 0.3) is 0 Å². The lowest BCUT2D eigenvalue weighted by Crippen LogP contribution is -2.33. The number of benzene rings is 1. The van der Waals surface area contributed by atoms with E-state index >= 15 is 0 Å². The predicted octanol–water partition coefficient (Wildman–Crippen LogP) is 2.66. The van der Waals surface area contributed by atoms with Crippen molar-refractivity contribution in [2.24, 2.45) is 4.99 Å². The first kappa shape index (κ1) is 16.2. The van der Waals surface area contributed by atoms with E-state index in [1.54, 1.807) is 0 Å². The van der Waals surface area contributed by atoms with E-state index in [0.29, 0.717) is 0 Å². The van der Waals surface area contributed by atoms with Gasteiger partial charge in [0.25, 0.3) is 0 Å². The fourth-order valence-electron chi connectivity index (χ4n) is 1.40. The highest BCUT2D eigenvalue weighted by Crippen LogP contribution is 2.26. The van der Waals surface area contributed by atoms with Crippen LogP contribution in [0, 0.1) is 28.5 Å². The topological polar surface area (TPSA) is 72.0 Å². The van der Waals surface area contributed by atoms with Crippen LogP contribution in [0.1, 0.15) is 5.56 Å². The number of amidine groups is 1. The van der Waals surface area contributed by atoms with Gasteiger partial charge in [-0.15, -0.1) is 0 Å². The molecule has 0 amide bonds. The molecule has 108 valence electrons. The molecule has 0 bridgehead atoms. The molecule has 1 rings (SSSR count). The van der Waals surface area contributed by atoms with E-state index in [2.05, 4.69) is 4.99 Å². The summed E-state index contributed by atoms with van der Waals surface area (Å²) in [6.07, 6.45) is -4.93. The van der Waals surface area contributed by atoms with E-state index in [0.717, 1.165) is 12.1 Å². The highest BCUT2D eigenvalue weighted by molar-refractivity contribution is 6.00. The van der Waals surface area contributed by atoms with Gasteiger partial charge in [0.1, 0.15) is 23.8 Å². The first-order valence-electron chi connectivity index (χ1n) is 5.45. The van der Waals surface area contributed by atoms with Crippen LogP contribution in [0.2, 0.25) is 0 Å². The molecular formula is C13H8F4N4. The molecule has 21 heavy (non-hydrogen) atoms. The largest absolute Gasteiger partial charge is 0.433 e. The van der Waals surface area contributed by atoms with Gasteiger partial charge in [-0.05, 0) is 24.3 Å². The Morgan fingerprint density at radius 1 is 1.14 bits per heavy atom. The van der Waals surface area contributed by atoms with Crippen LogP contribution in [0.3, 0.4) is 0 Å². The van der Waals surface area contributed by atoms with Crippen molar-refractivity contribution in [2.75, 3.05) is 7.05 Å². The number of hydrogen-bond acceptors (Lipinski definition) is 3. The van der Waals surface area contributed by atoms with Gasteiger partial charge in [-0.1, -0.05) is 0 Å². The average Bonchev–Trinajstić information content (AvgIpc) is 2.43. The minimum Gasteiger partial charge on any atom is -0.334 e. The molecule has 8 heteroatoms. The summed E-state index contributed by atoms with van der Waals surface area (Å²) in [5, 5.41) is 19.1. The second-order valence-corrected chi connectivity index (χ2v) is 3.68. The van der Waals surface area contributed by atoms with Crippen LogP contribution in [0.15, 0.2) is 40.5 Å². The van der Waals surface area contributed by atoms with Gasteiger partial charge >= 0.3 is 6.18 Å². The summed E-state index contributed by atoms with van der Waals surface area (Å²) in [6, 6.07) is 6.88. The zero-order valence-corrected chi connectivity index (χ0v) is 10.7. The van der Waals surface area contributed by atoms with E-state index in [1.807, 2.05) is 5.32 Å². The molecule has 1 aromatic rings. The Labute approximate surface area is 117 Å². The van der Waals surface area contributed by atoms with Crippen molar-refractivity contribution >= 4 is 5.84 Å². The van der Waals surface area contributed by atoms with Gasteiger partial charge in [0.15, 0.2) is 11.3 Å². The molecule has 0 aromatic heterocycles. The predicted molar refractivity (Wildman–Crippen MR) is 66.3 cm³/mol. The number of alkyl halides is 3. The van der Waals surface area contributed by atoms with E-state index < -0.39 is 23.3 Å². The number of nitrogens with one attached hydrogen (secondary N) is 1. The Morgan fingerprint density at radius 2 is 1.67 bits per heavy atom. The molecule has 0 spiro atoms. The van der Waals surface area contributed by atoms with Crippen LogP contribution in [0.5, 0.6) is 0 Å². The maximum atomic E-state index is 12.9. The summed E-state index contributed by atoms with van der Waals surface area (Å²) in [4.78, 5) is 3.62. The van der Waals surface area contributed by atoms with Crippen LogP contribution in [-0.4, -0.2) is 19.1 Å². The highest BCUT2D eigenvalue weighted by atomic mass is 19.4. The zero-order valence-electron chi connectivity index (χ0n) is 10.7.